The molecule has 1 heterocycles. The molecule has 0 fully saturated rings. The Morgan fingerprint density at radius 3 is 2.72 bits per heavy atom. The third-order valence-electron chi connectivity index (χ3n) is 2.37. The topological polar surface area (TPSA) is 97.4 Å². The van der Waals surface area contributed by atoms with Crippen LogP contribution in [0.5, 0.6) is 0 Å². The van der Waals surface area contributed by atoms with Crippen molar-refractivity contribution in [3.8, 4) is 0 Å². The van der Waals surface area contributed by atoms with Crippen molar-refractivity contribution in [2.45, 2.75) is 25.8 Å². The molecule has 18 heavy (non-hydrogen) atoms. The molecule has 0 unspecified atom stereocenters. The molecule has 0 spiro atoms. The van der Waals surface area contributed by atoms with Gasteiger partial charge in [-0.2, -0.15) is 0 Å². The summed E-state index contributed by atoms with van der Waals surface area (Å²) in [6.45, 7) is 4.29. The highest BCUT2D eigenvalue weighted by Crippen LogP contribution is 2.00. The van der Waals surface area contributed by atoms with Gasteiger partial charge in [0.05, 0.1) is 6.26 Å². The molecule has 2 amide bonds. The third kappa shape index (κ3) is 4.58. The molecule has 0 aliphatic heterocycles. The molecule has 0 bridgehead atoms. The van der Waals surface area contributed by atoms with Crippen molar-refractivity contribution in [3.63, 3.8) is 0 Å². The minimum absolute atomic E-state index is 0.148. The second-order valence-corrected chi connectivity index (χ2v) is 4.62. The quantitative estimate of drug-likeness (QED) is 0.677. The number of furan rings is 1. The number of amides is 2. The first-order valence-corrected chi connectivity index (χ1v) is 5.77. The Hall–Kier alpha value is -1.82. The van der Waals surface area contributed by atoms with Gasteiger partial charge in [0.15, 0.2) is 5.76 Å². The van der Waals surface area contributed by atoms with Crippen LogP contribution >= 0.6 is 0 Å². The van der Waals surface area contributed by atoms with Gasteiger partial charge in [0, 0.05) is 25.0 Å². The van der Waals surface area contributed by atoms with Gasteiger partial charge in [-0.25, -0.2) is 0 Å². The summed E-state index contributed by atoms with van der Waals surface area (Å²) in [5.41, 5.74) is 5.07. The van der Waals surface area contributed by atoms with E-state index in [-0.39, 0.29) is 30.5 Å². The van der Waals surface area contributed by atoms with Crippen molar-refractivity contribution in [2.24, 2.45) is 5.73 Å². The highest BCUT2D eigenvalue weighted by atomic mass is 16.3. The highest BCUT2D eigenvalue weighted by Gasteiger charge is 2.18. The van der Waals surface area contributed by atoms with E-state index in [1.807, 2.05) is 13.8 Å². The van der Waals surface area contributed by atoms with E-state index in [2.05, 4.69) is 10.6 Å². The van der Waals surface area contributed by atoms with Crippen LogP contribution in [0.4, 0.5) is 0 Å². The molecule has 0 saturated carbocycles. The fourth-order valence-electron chi connectivity index (χ4n) is 1.28. The Morgan fingerprint density at radius 2 is 2.17 bits per heavy atom. The Balaban J connectivity index is 2.26. The Bertz CT molecular complexity index is 399. The van der Waals surface area contributed by atoms with E-state index < -0.39 is 5.54 Å². The molecule has 6 heteroatoms. The van der Waals surface area contributed by atoms with Gasteiger partial charge in [-0.3, -0.25) is 9.59 Å². The van der Waals surface area contributed by atoms with Crippen molar-refractivity contribution in [2.75, 3.05) is 13.1 Å². The summed E-state index contributed by atoms with van der Waals surface area (Å²) < 4.78 is 4.92. The van der Waals surface area contributed by atoms with Crippen LogP contribution in [-0.2, 0) is 4.79 Å². The lowest BCUT2D eigenvalue weighted by Crippen LogP contribution is -2.49. The molecule has 0 aromatic carbocycles. The molecule has 4 N–H and O–H groups in total. The SMILES string of the molecule is CC(C)(CN)NC(=O)CCNC(=O)c1ccco1. The first-order valence-electron chi connectivity index (χ1n) is 5.77. The van der Waals surface area contributed by atoms with Crippen LogP contribution < -0.4 is 16.4 Å². The van der Waals surface area contributed by atoms with E-state index in [1.165, 1.54) is 6.26 Å². The van der Waals surface area contributed by atoms with E-state index in [0.29, 0.717) is 6.54 Å². The largest absolute Gasteiger partial charge is 0.459 e. The zero-order valence-electron chi connectivity index (χ0n) is 10.7. The zero-order valence-corrected chi connectivity index (χ0v) is 10.7. The van der Waals surface area contributed by atoms with Crippen molar-refractivity contribution in [3.05, 3.63) is 24.2 Å². The molecule has 6 nitrogen and oxygen atoms in total. The molecule has 1 aromatic heterocycles. The van der Waals surface area contributed by atoms with Gasteiger partial charge in [0.25, 0.3) is 5.91 Å². The van der Waals surface area contributed by atoms with Gasteiger partial charge in [0.1, 0.15) is 0 Å². The summed E-state index contributed by atoms with van der Waals surface area (Å²) in [5.74, 6) is -0.242. The normalized spacial score (nSPS) is 11.1. The second kappa shape index (κ2) is 6.20. The molecule has 1 rings (SSSR count). The molecular formula is C12H19N3O3. The van der Waals surface area contributed by atoms with Gasteiger partial charge in [-0.1, -0.05) is 0 Å². The molecule has 0 aliphatic rings. The summed E-state index contributed by atoms with van der Waals surface area (Å²) in [5, 5.41) is 5.37. The zero-order chi connectivity index (χ0) is 13.6. The predicted octanol–water partition coefficient (Wildman–Crippen LogP) is 0.253. The fourth-order valence-corrected chi connectivity index (χ4v) is 1.28. The van der Waals surface area contributed by atoms with E-state index in [9.17, 15) is 9.59 Å². The summed E-state index contributed by atoms with van der Waals surface area (Å²) in [4.78, 5) is 23.0. The Kier molecular flexibility index (Phi) is 4.91. The first-order chi connectivity index (χ1) is 8.44. The van der Waals surface area contributed by atoms with Crippen LogP contribution in [0.2, 0.25) is 0 Å². The van der Waals surface area contributed by atoms with Crippen molar-refractivity contribution in [1.29, 1.82) is 0 Å². The maximum absolute atomic E-state index is 11.5. The molecule has 100 valence electrons. The van der Waals surface area contributed by atoms with Crippen LogP contribution in [0, 0.1) is 0 Å². The van der Waals surface area contributed by atoms with E-state index in [0.717, 1.165) is 0 Å². The number of hydrogen-bond donors (Lipinski definition) is 3. The highest BCUT2D eigenvalue weighted by molar-refractivity contribution is 5.91. The van der Waals surface area contributed by atoms with Crippen LogP contribution in [0.15, 0.2) is 22.8 Å². The lowest BCUT2D eigenvalue weighted by molar-refractivity contribution is -0.122. The minimum atomic E-state index is -0.428. The average molecular weight is 253 g/mol. The van der Waals surface area contributed by atoms with Crippen molar-refractivity contribution in [1.82, 2.24) is 10.6 Å². The Morgan fingerprint density at radius 1 is 1.44 bits per heavy atom. The first kappa shape index (κ1) is 14.2. The summed E-state index contributed by atoms with van der Waals surface area (Å²) in [6.07, 6.45) is 1.63. The van der Waals surface area contributed by atoms with Crippen molar-refractivity contribution < 1.29 is 14.0 Å². The summed E-state index contributed by atoms with van der Waals surface area (Å²) in [7, 11) is 0. The summed E-state index contributed by atoms with van der Waals surface area (Å²) >= 11 is 0. The molecular weight excluding hydrogens is 234 g/mol. The van der Waals surface area contributed by atoms with Crippen LogP contribution in [0.1, 0.15) is 30.8 Å². The monoisotopic (exact) mass is 253 g/mol. The molecule has 0 radical (unpaired) electrons. The van der Waals surface area contributed by atoms with Gasteiger partial charge in [-0.15, -0.1) is 0 Å². The van der Waals surface area contributed by atoms with Gasteiger partial charge < -0.3 is 20.8 Å². The van der Waals surface area contributed by atoms with Crippen LogP contribution in [0.25, 0.3) is 0 Å². The second-order valence-electron chi connectivity index (χ2n) is 4.62. The number of carbonyl (C=O) groups excluding carboxylic acids is 2. The molecule has 0 saturated heterocycles. The molecule has 1 aromatic rings. The Labute approximate surface area is 106 Å². The van der Waals surface area contributed by atoms with Gasteiger partial charge in [0.2, 0.25) is 5.91 Å². The minimum Gasteiger partial charge on any atom is -0.459 e. The number of rotatable bonds is 6. The number of carbonyl (C=O) groups is 2. The standard InChI is InChI=1S/C12H19N3O3/c1-12(2,8-13)15-10(16)5-6-14-11(17)9-4-3-7-18-9/h3-4,7H,5-6,8,13H2,1-2H3,(H,14,17)(H,15,16). The van der Waals surface area contributed by atoms with Crippen LogP contribution in [0.3, 0.4) is 0 Å². The lowest BCUT2D eigenvalue weighted by atomic mass is 10.1. The maximum atomic E-state index is 11.5. The predicted molar refractivity (Wildman–Crippen MR) is 66.9 cm³/mol. The van der Waals surface area contributed by atoms with E-state index in [4.69, 9.17) is 10.2 Å². The van der Waals surface area contributed by atoms with Crippen molar-refractivity contribution >= 4 is 11.8 Å². The number of nitrogens with two attached hydrogens (primary N) is 1. The van der Waals surface area contributed by atoms with Gasteiger partial charge in [-0.05, 0) is 26.0 Å². The van der Waals surface area contributed by atoms with E-state index in [1.54, 1.807) is 12.1 Å². The van der Waals surface area contributed by atoms with E-state index >= 15 is 0 Å². The molecule has 0 aliphatic carbocycles. The smallest absolute Gasteiger partial charge is 0.286 e. The van der Waals surface area contributed by atoms with Crippen LogP contribution in [-0.4, -0.2) is 30.4 Å². The average Bonchev–Trinajstić information content (AvgIpc) is 2.81. The molecule has 0 atom stereocenters. The fraction of sp³-hybridized carbons (Fsp3) is 0.500. The lowest BCUT2D eigenvalue weighted by Gasteiger charge is -2.24. The maximum Gasteiger partial charge on any atom is 0.286 e. The number of nitrogens with one attached hydrogen (secondary N) is 2. The van der Waals surface area contributed by atoms with Gasteiger partial charge >= 0.3 is 0 Å². The number of hydrogen-bond acceptors (Lipinski definition) is 4. The summed E-state index contributed by atoms with van der Waals surface area (Å²) in [6, 6.07) is 3.19. The third-order valence-corrected chi connectivity index (χ3v) is 2.37.